The second kappa shape index (κ2) is 5.66. The molecule has 5 heteroatoms. The maximum Gasteiger partial charge on any atom is 0.127 e. The Morgan fingerprint density at radius 2 is 1.85 bits per heavy atom. The summed E-state index contributed by atoms with van der Waals surface area (Å²) in [6.45, 7) is 0.662. The van der Waals surface area contributed by atoms with Crippen LogP contribution in [-0.4, -0.2) is 6.61 Å². The lowest BCUT2D eigenvalue weighted by molar-refractivity contribution is 0.353. The molecule has 3 rings (SSSR count). The minimum absolute atomic E-state index is 0.312. The van der Waals surface area contributed by atoms with E-state index in [1.165, 1.54) is 12.1 Å². The Labute approximate surface area is 138 Å². The highest BCUT2D eigenvalue weighted by molar-refractivity contribution is 9.10. The lowest BCUT2D eigenvalue weighted by Gasteiger charge is -2.15. The molecule has 1 atom stereocenters. The first-order valence-corrected chi connectivity index (χ1v) is 8.12. The van der Waals surface area contributed by atoms with Crippen LogP contribution in [0.1, 0.15) is 22.1 Å². The zero-order valence-electron chi connectivity index (χ0n) is 10.3. The van der Waals surface area contributed by atoms with Gasteiger partial charge in [0, 0.05) is 20.9 Å². The average Bonchev–Trinajstić information content (AvgIpc) is 2.83. The van der Waals surface area contributed by atoms with E-state index in [1.54, 1.807) is 0 Å². The van der Waals surface area contributed by atoms with Crippen molar-refractivity contribution in [3.63, 3.8) is 0 Å². The Bertz CT molecular complexity index is 655. The lowest BCUT2D eigenvalue weighted by atomic mass is 10.0. The predicted octanol–water partition coefficient (Wildman–Crippen LogP) is 5.61. The van der Waals surface area contributed by atoms with Crippen molar-refractivity contribution in [1.82, 2.24) is 0 Å². The van der Waals surface area contributed by atoms with Crippen LogP contribution in [0.25, 0.3) is 0 Å². The third-order valence-corrected chi connectivity index (χ3v) is 4.63. The van der Waals surface area contributed by atoms with Gasteiger partial charge in [0.2, 0.25) is 0 Å². The molecule has 1 nitrogen and oxygen atoms in total. The zero-order chi connectivity index (χ0) is 14.3. The normalized spacial score (nSPS) is 14.8. The topological polar surface area (TPSA) is 9.23 Å². The van der Waals surface area contributed by atoms with Crippen LogP contribution in [0.3, 0.4) is 0 Å². The van der Waals surface area contributed by atoms with Crippen LogP contribution in [0.15, 0.2) is 39.3 Å². The number of ether oxygens (including phenoxy) is 1. The van der Waals surface area contributed by atoms with E-state index in [-0.39, 0.29) is 5.82 Å². The van der Waals surface area contributed by atoms with Crippen molar-refractivity contribution in [2.75, 3.05) is 6.61 Å². The Balaban J connectivity index is 2.08. The largest absolute Gasteiger partial charge is 0.493 e. The van der Waals surface area contributed by atoms with E-state index in [4.69, 9.17) is 16.3 Å². The molecule has 0 bridgehead atoms. The molecule has 1 unspecified atom stereocenters. The molecule has 0 saturated carbocycles. The summed E-state index contributed by atoms with van der Waals surface area (Å²) in [6.07, 6.45) is 0.873. The molecule has 0 saturated heterocycles. The van der Waals surface area contributed by atoms with E-state index < -0.39 is 5.38 Å². The van der Waals surface area contributed by atoms with Gasteiger partial charge in [-0.05, 0) is 41.5 Å². The fourth-order valence-corrected chi connectivity index (χ4v) is 3.68. The number of rotatable bonds is 2. The summed E-state index contributed by atoms with van der Waals surface area (Å²) in [5, 5.41) is -0.452. The van der Waals surface area contributed by atoms with Gasteiger partial charge in [-0.15, -0.1) is 11.6 Å². The van der Waals surface area contributed by atoms with E-state index in [2.05, 4.69) is 31.9 Å². The highest BCUT2D eigenvalue weighted by atomic mass is 79.9. The first kappa shape index (κ1) is 14.4. The van der Waals surface area contributed by atoms with E-state index in [1.807, 2.05) is 18.2 Å². The van der Waals surface area contributed by atoms with Gasteiger partial charge in [-0.25, -0.2) is 4.39 Å². The molecule has 1 aliphatic heterocycles. The van der Waals surface area contributed by atoms with Crippen LogP contribution < -0.4 is 4.74 Å². The third-order valence-electron chi connectivity index (χ3n) is 3.23. The van der Waals surface area contributed by atoms with E-state index >= 15 is 0 Å². The van der Waals surface area contributed by atoms with Crippen molar-refractivity contribution >= 4 is 43.5 Å². The summed E-state index contributed by atoms with van der Waals surface area (Å²) in [6, 6.07) is 8.65. The monoisotopic (exact) mass is 418 g/mol. The summed E-state index contributed by atoms with van der Waals surface area (Å²) in [7, 11) is 0. The van der Waals surface area contributed by atoms with Crippen molar-refractivity contribution in [3.05, 3.63) is 61.8 Å². The summed E-state index contributed by atoms with van der Waals surface area (Å²) in [5.74, 6) is 0.515. The molecule has 2 aromatic rings. The molecule has 2 aromatic carbocycles. The SMILES string of the molecule is Fc1cc(Br)cc(C(Cl)c2cc(Br)cc3c2OCC3)c1. The van der Waals surface area contributed by atoms with Crippen LogP contribution in [0.4, 0.5) is 4.39 Å². The molecular weight excluding hydrogens is 410 g/mol. The molecule has 20 heavy (non-hydrogen) atoms. The standard InChI is InChI=1S/C15H10Br2ClFO/c16-10-4-9(5-12(19)6-10)14(18)13-7-11(17)3-8-1-2-20-15(8)13/h3-7,14H,1-2H2. The maximum atomic E-state index is 13.5. The van der Waals surface area contributed by atoms with Gasteiger partial charge in [-0.1, -0.05) is 31.9 Å². The maximum absolute atomic E-state index is 13.5. The second-order valence-electron chi connectivity index (χ2n) is 4.65. The first-order valence-electron chi connectivity index (χ1n) is 6.10. The molecule has 0 aromatic heterocycles. The molecule has 0 fully saturated rings. The quantitative estimate of drug-likeness (QED) is 0.574. The number of alkyl halides is 1. The fraction of sp³-hybridized carbons (Fsp3) is 0.200. The molecule has 104 valence electrons. The smallest absolute Gasteiger partial charge is 0.127 e. The molecular formula is C15H10Br2ClFO. The van der Waals surface area contributed by atoms with Crippen molar-refractivity contribution in [3.8, 4) is 5.75 Å². The van der Waals surface area contributed by atoms with Crippen molar-refractivity contribution in [2.24, 2.45) is 0 Å². The summed E-state index contributed by atoms with van der Waals surface area (Å²) >= 11 is 13.3. The van der Waals surface area contributed by atoms with Crippen LogP contribution >= 0.6 is 43.5 Å². The Kier molecular flexibility index (Phi) is 4.07. The van der Waals surface area contributed by atoms with Gasteiger partial charge >= 0.3 is 0 Å². The number of fused-ring (bicyclic) bond motifs is 1. The molecule has 0 amide bonds. The first-order chi connectivity index (χ1) is 9.54. The molecule has 1 heterocycles. The second-order valence-corrected chi connectivity index (χ2v) is 6.91. The van der Waals surface area contributed by atoms with Gasteiger partial charge < -0.3 is 4.74 Å². The van der Waals surface area contributed by atoms with Gasteiger partial charge in [0.05, 0.1) is 12.0 Å². The van der Waals surface area contributed by atoms with Gasteiger partial charge in [0.15, 0.2) is 0 Å². The van der Waals surface area contributed by atoms with E-state index in [9.17, 15) is 4.39 Å². The van der Waals surface area contributed by atoms with Crippen LogP contribution in [-0.2, 0) is 6.42 Å². The number of hydrogen-bond donors (Lipinski definition) is 0. The fourth-order valence-electron chi connectivity index (χ4n) is 2.39. The van der Waals surface area contributed by atoms with E-state index in [0.29, 0.717) is 16.6 Å². The predicted molar refractivity (Wildman–Crippen MR) is 85.1 cm³/mol. The van der Waals surface area contributed by atoms with Gasteiger partial charge in [0.1, 0.15) is 11.6 Å². The molecule has 0 radical (unpaired) electrons. The Morgan fingerprint density at radius 3 is 2.60 bits per heavy atom. The summed E-state index contributed by atoms with van der Waals surface area (Å²) < 4.78 is 20.8. The number of halogens is 4. The molecule has 1 aliphatic rings. The zero-order valence-corrected chi connectivity index (χ0v) is 14.2. The average molecular weight is 421 g/mol. The molecule has 0 aliphatic carbocycles. The van der Waals surface area contributed by atoms with Crippen LogP contribution in [0.2, 0.25) is 0 Å². The van der Waals surface area contributed by atoms with Gasteiger partial charge in [0.25, 0.3) is 0 Å². The molecule has 0 spiro atoms. The van der Waals surface area contributed by atoms with Crippen molar-refractivity contribution in [2.45, 2.75) is 11.8 Å². The van der Waals surface area contributed by atoms with Gasteiger partial charge in [-0.2, -0.15) is 0 Å². The molecule has 0 N–H and O–H groups in total. The minimum Gasteiger partial charge on any atom is -0.493 e. The highest BCUT2D eigenvalue weighted by Crippen LogP contribution is 2.42. The van der Waals surface area contributed by atoms with Crippen LogP contribution in [0.5, 0.6) is 5.75 Å². The number of hydrogen-bond acceptors (Lipinski definition) is 1. The minimum atomic E-state index is -0.452. The van der Waals surface area contributed by atoms with Crippen LogP contribution in [0, 0.1) is 5.82 Å². The van der Waals surface area contributed by atoms with Crippen molar-refractivity contribution in [1.29, 1.82) is 0 Å². The highest BCUT2D eigenvalue weighted by Gasteiger charge is 2.23. The van der Waals surface area contributed by atoms with Crippen molar-refractivity contribution < 1.29 is 9.13 Å². The number of benzene rings is 2. The Morgan fingerprint density at radius 1 is 1.10 bits per heavy atom. The van der Waals surface area contributed by atoms with Gasteiger partial charge in [-0.3, -0.25) is 0 Å². The van der Waals surface area contributed by atoms with E-state index in [0.717, 1.165) is 27.8 Å². The summed E-state index contributed by atoms with van der Waals surface area (Å²) in [4.78, 5) is 0. The Hall–Kier alpha value is -0.580. The third kappa shape index (κ3) is 2.74. The lowest BCUT2D eigenvalue weighted by Crippen LogP contribution is -1.98. The summed E-state index contributed by atoms with van der Waals surface area (Å²) in [5.41, 5.74) is 2.70.